The van der Waals surface area contributed by atoms with Crippen LogP contribution in [0.15, 0.2) is 12.3 Å². The summed E-state index contributed by atoms with van der Waals surface area (Å²) in [6.07, 6.45) is 6.53. The summed E-state index contributed by atoms with van der Waals surface area (Å²) in [5.41, 5.74) is 0.678. The van der Waals surface area contributed by atoms with Crippen LogP contribution in [0.5, 0.6) is 0 Å². The molecule has 1 saturated carbocycles. The Morgan fingerprint density at radius 1 is 1.30 bits per heavy atom. The summed E-state index contributed by atoms with van der Waals surface area (Å²) in [5, 5.41) is 14.3. The highest BCUT2D eigenvalue weighted by Crippen LogP contribution is 2.34. The first-order valence-electron chi connectivity index (χ1n) is 9.87. The van der Waals surface area contributed by atoms with Crippen molar-refractivity contribution in [2.24, 2.45) is 5.92 Å². The van der Waals surface area contributed by atoms with Gasteiger partial charge < -0.3 is 15.3 Å². The van der Waals surface area contributed by atoms with E-state index in [9.17, 15) is 9.90 Å². The Bertz CT molecular complexity index is 836. The zero-order valence-corrected chi connectivity index (χ0v) is 17.1. The van der Waals surface area contributed by atoms with E-state index in [4.69, 9.17) is 0 Å². The Hall–Kier alpha value is -1.73. The summed E-state index contributed by atoms with van der Waals surface area (Å²) >= 11 is 1.61. The first-order valence-corrected chi connectivity index (χ1v) is 10.7. The number of hydrogen-bond acceptors (Lipinski definition) is 6. The molecule has 7 heteroatoms. The summed E-state index contributed by atoms with van der Waals surface area (Å²) < 4.78 is 0.961. The van der Waals surface area contributed by atoms with E-state index < -0.39 is 5.60 Å². The maximum atomic E-state index is 12.7. The lowest BCUT2D eigenvalue weighted by Gasteiger charge is -2.38. The number of nitrogens with one attached hydrogen (secondary N) is 1. The van der Waals surface area contributed by atoms with E-state index in [0.29, 0.717) is 17.5 Å². The predicted octanol–water partition coefficient (Wildman–Crippen LogP) is 3.35. The molecule has 1 aliphatic heterocycles. The fraction of sp³-hybridized carbons (Fsp3) is 0.650. The van der Waals surface area contributed by atoms with Crippen molar-refractivity contribution in [3.63, 3.8) is 0 Å². The Kier molecular flexibility index (Phi) is 4.84. The number of thiazole rings is 1. The minimum Gasteiger partial charge on any atom is -0.390 e. The van der Waals surface area contributed by atoms with Crippen LogP contribution in [0.2, 0.25) is 0 Å². The number of fused-ring (bicyclic) bond motifs is 1. The highest BCUT2D eigenvalue weighted by Gasteiger charge is 2.32. The lowest BCUT2D eigenvalue weighted by molar-refractivity contribution is -0.00257. The van der Waals surface area contributed by atoms with Crippen molar-refractivity contribution in [3.05, 3.63) is 17.8 Å². The van der Waals surface area contributed by atoms with Crippen LogP contribution in [-0.4, -0.2) is 45.2 Å². The fourth-order valence-corrected chi connectivity index (χ4v) is 5.16. The van der Waals surface area contributed by atoms with E-state index in [1.54, 1.807) is 17.5 Å². The molecule has 2 N–H and O–H groups in total. The van der Waals surface area contributed by atoms with E-state index in [-0.39, 0.29) is 11.9 Å². The zero-order chi connectivity index (χ0) is 19.2. The van der Waals surface area contributed by atoms with Gasteiger partial charge in [-0.3, -0.25) is 4.79 Å². The van der Waals surface area contributed by atoms with Gasteiger partial charge in [0.05, 0.1) is 15.9 Å². The molecule has 3 heterocycles. The molecule has 4 rings (SSSR count). The molecule has 0 aromatic carbocycles. The third kappa shape index (κ3) is 3.80. The topological polar surface area (TPSA) is 78.4 Å². The van der Waals surface area contributed by atoms with Crippen LogP contribution >= 0.6 is 11.3 Å². The largest absolute Gasteiger partial charge is 0.390 e. The van der Waals surface area contributed by atoms with Crippen LogP contribution in [0.4, 0.5) is 5.13 Å². The van der Waals surface area contributed by atoms with Gasteiger partial charge in [0.25, 0.3) is 5.91 Å². The molecule has 0 spiro atoms. The fourth-order valence-electron chi connectivity index (χ4n) is 4.07. The molecule has 0 bridgehead atoms. The minimum absolute atomic E-state index is 0.0663. The van der Waals surface area contributed by atoms with Gasteiger partial charge in [0, 0.05) is 24.8 Å². The molecule has 2 fully saturated rings. The van der Waals surface area contributed by atoms with Crippen molar-refractivity contribution in [2.75, 3.05) is 11.4 Å². The van der Waals surface area contributed by atoms with Gasteiger partial charge >= 0.3 is 0 Å². The van der Waals surface area contributed by atoms with Crippen molar-refractivity contribution in [1.82, 2.24) is 15.3 Å². The standard InChI is InChI=1S/C20H28N4O2S/c1-12-8-9-24(12)19-23-17-16(27-19)10-13(11-21-17)18(25)22-15-6-4-14(5-7-15)20(2,3)26/h10-12,14-15,26H,4-9H2,1-3H3,(H,22,25). The number of hydrogen-bond donors (Lipinski definition) is 2. The molecule has 1 unspecified atom stereocenters. The second kappa shape index (κ2) is 7.02. The van der Waals surface area contributed by atoms with Crippen LogP contribution in [0.1, 0.15) is 63.2 Å². The molecule has 1 aliphatic carbocycles. The number of amides is 1. The van der Waals surface area contributed by atoms with Crippen LogP contribution in [0, 0.1) is 5.92 Å². The van der Waals surface area contributed by atoms with Crippen molar-refractivity contribution in [1.29, 1.82) is 0 Å². The van der Waals surface area contributed by atoms with Crippen LogP contribution < -0.4 is 10.2 Å². The zero-order valence-electron chi connectivity index (χ0n) is 16.2. The second-order valence-corrected chi connectivity index (χ2v) is 9.56. The van der Waals surface area contributed by atoms with E-state index in [0.717, 1.165) is 47.7 Å². The highest BCUT2D eigenvalue weighted by molar-refractivity contribution is 7.22. The third-order valence-corrected chi connectivity index (χ3v) is 7.15. The van der Waals surface area contributed by atoms with Crippen molar-refractivity contribution in [2.45, 2.75) is 70.6 Å². The molecular formula is C20H28N4O2S. The Morgan fingerprint density at radius 2 is 2.04 bits per heavy atom. The molecule has 2 aromatic rings. The molecule has 1 amide bonds. The molecule has 0 radical (unpaired) electrons. The van der Waals surface area contributed by atoms with Crippen LogP contribution in [-0.2, 0) is 0 Å². The van der Waals surface area contributed by atoms with E-state index in [1.165, 1.54) is 6.42 Å². The molecule has 6 nitrogen and oxygen atoms in total. The maximum absolute atomic E-state index is 12.7. The average Bonchev–Trinajstić information content (AvgIpc) is 3.02. The van der Waals surface area contributed by atoms with Gasteiger partial charge in [-0.15, -0.1) is 0 Å². The molecule has 146 valence electrons. The SMILES string of the molecule is CC1CCN1c1nc2ncc(C(=O)NC3CCC(C(C)(C)O)CC3)cc2s1. The van der Waals surface area contributed by atoms with Crippen molar-refractivity contribution < 1.29 is 9.90 Å². The van der Waals surface area contributed by atoms with Gasteiger partial charge in [-0.1, -0.05) is 11.3 Å². The summed E-state index contributed by atoms with van der Waals surface area (Å²) in [6, 6.07) is 2.62. The molecule has 27 heavy (non-hydrogen) atoms. The van der Waals surface area contributed by atoms with Crippen LogP contribution in [0.3, 0.4) is 0 Å². The van der Waals surface area contributed by atoms with Crippen molar-refractivity contribution in [3.8, 4) is 0 Å². The summed E-state index contributed by atoms with van der Waals surface area (Å²) in [7, 11) is 0. The molecule has 1 atom stereocenters. The number of carbonyl (C=O) groups is 1. The molecule has 1 saturated heterocycles. The Balaban J connectivity index is 1.41. The first kappa shape index (κ1) is 18.6. The predicted molar refractivity (Wildman–Crippen MR) is 108 cm³/mol. The highest BCUT2D eigenvalue weighted by atomic mass is 32.1. The monoisotopic (exact) mass is 388 g/mol. The van der Waals surface area contributed by atoms with Gasteiger partial charge in [0.15, 0.2) is 10.8 Å². The minimum atomic E-state index is -0.637. The quantitative estimate of drug-likeness (QED) is 0.840. The van der Waals surface area contributed by atoms with Gasteiger partial charge in [-0.25, -0.2) is 4.98 Å². The lowest BCUT2D eigenvalue weighted by atomic mass is 9.77. The Morgan fingerprint density at radius 3 is 2.63 bits per heavy atom. The average molecular weight is 389 g/mol. The van der Waals surface area contributed by atoms with Crippen molar-refractivity contribution >= 4 is 32.7 Å². The number of aromatic nitrogens is 2. The molecule has 2 aromatic heterocycles. The van der Waals surface area contributed by atoms with E-state index in [1.807, 2.05) is 19.9 Å². The summed E-state index contributed by atoms with van der Waals surface area (Å²) in [6.45, 7) is 7.00. The third-order valence-electron chi connectivity index (χ3n) is 6.12. The van der Waals surface area contributed by atoms with Crippen LogP contribution in [0.25, 0.3) is 10.3 Å². The number of anilines is 1. The number of nitrogens with zero attached hydrogens (tertiary/aromatic N) is 3. The number of carbonyl (C=O) groups excluding carboxylic acids is 1. The number of rotatable bonds is 4. The van der Waals surface area contributed by atoms with Gasteiger partial charge in [-0.2, -0.15) is 4.98 Å². The van der Waals surface area contributed by atoms with E-state index >= 15 is 0 Å². The number of pyridine rings is 1. The molecule has 2 aliphatic rings. The smallest absolute Gasteiger partial charge is 0.253 e. The summed E-state index contributed by atoms with van der Waals surface area (Å²) in [4.78, 5) is 24.0. The van der Waals surface area contributed by atoms with E-state index in [2.05, 4.69) is 27.1 Å². The Labute approximate surface area is 164 Å². The maximum Gasteiger partial charge on any atom is 0.253 e. The summed E-state index contributed by atoms with van der Waals surface area (Å²) in [5.74, 6) is 0.242. The number of aliphatic hydroxyl groups is 1. The lowest BCUT2D eigenvalue weighted by Crippen LogP contribution is -2.45. The van der Waals surface area contributed by atoms with Gasteiger partial charge in [0.1, 0.15) is 0 Å². The normalized spacial score (nSPS) is 26.1. The second-order valence-electron chi connectivity index (χ2n) is 8.55. The first-order chi connectivity index (χ1) is 12.8. The molecular weight excluding hydrogens is 360 g/mol. The van der Waals surface area contributed by atoms with Gasteiger partial charge in [0.2, 0.25) is 0 Å². The van der Waals surface area contributed by atoms with Gasteiger partial charge in [-0.05, 0) is 64.9 Å².